The molecule has 0 bridgehead atoms. The van der Waals surface area contributed by atoms with Gasteiger partial charge in [0.15, 0.2) is 0 Å². The van der Waals surface area contributed by atoms with Gasteiger partial charge in [-0.2, -0.15) is 0 Å². The molecule has 2 heterocycles. The number of hydrogen-bond acceptors (Lipinski definition) is 3. The van der Waals surface area contributed by atoms with E-state index >= 15 is 0 Å². The van der Waals surface area contributed by atoms with Gasteiger partial charge in [0.2, 0.25) is 0 Å². The van der Waals surface area contributed by atoms with Gasteiger partial charge in [-0.1, -0.05) is 42.5 Å². The van der Waals surface area contributed by atoms with Gasteiger partial charge in [0.05, 0.1) is 0 Å². The second kappa shape index (κ2) is 8.76. The van der Waals surface area contributed by atoms with Crippen molar-refractivity contribution in [1.29, 1.82) is 0 Å². The molecule has 0 aliphatic carbocycles. The summed E-state index contributed by atoms with van der Waals surface area (Å²) in [6, 6.07) is 19.5. The second-order valence-electron chi connectivity index (χ2n) is 7.86. The molecule has 2 aromatic carbocycles. The summed E-state index contributed by atoms with van der Waals surface area (Å²) in [5, 5.41) is 3.02. The Kier molecular flexibility index (Phi) is 5.93. The number of anilines is 1. The summed E-state index contributed by atoms with van der Waals surface area (Å²) in [5.41, 5.74) is 3.34. The summed E-state index contributed by atoms with van der Waals surface area (Å²) in [5.74, 6) is 0. The van der Waals surface area contributed by atoms with E-state index in [2.05, 4.69) is 40.5 Å². The number of aryl methyl sites for hydroxylation is 1. The van der Waals surface area contributed by atoms with Crippen molar-refractivity contribution in [3.63, 3.8) is 0 Å². The van der Waals surface area contributed by atoms with E-state index in [-0.39, 0.29) is 6.03 Å². The molecule has 5 heteroatoms. The first kappa shape index (κ1) is 19.0. The molecule has 0 spiro atoms. The van der Waals surface area contributed by atoms with Gasteiger partial charge < -0.3 is 15.0 Å². The lowest BCUT2D eigenvalue weighted by Gasteiger charge is -2.49. The highest BCUT2D eigenvalue weighted by Crippen LogP contribution is 2.26. The molecule has 28 heavy (non-hydrogen) atoms. The third kappa shape index (κ3) is 4.54. The molecule has 2 aromatic rings. The number of hydrogen-bond donors (Lipinski definition) is 1. The van der Waals surface area contributed by atoms with Gasteiger partial charge in [0, 0.05) is 50.6 Å². The predicted molar refractivity (Wildman–Crippen MR) is 111 cm³/mol. The topological polar surface area (TPSA) is 44.8 Å². The lowest BCUT2D eigenvalue weighted by molar-refractivity contribution is -0.0223. The van der Waals surface area contributed by atoms with Gasteiger partial charge in [-0.15, -0.1) is 0 Å². The minimum absolute atomic E-state index is 0.00603. The average Bonchev–Trinajstić information content (AvgIpc) is 2.67. The van der Waals surface area contributed by atoms with E-state index in [4.69, 9.17) is 4.74 Å². The van der Waals surface area contributed by atoms with Crippen molar-refractivity contribution in [3.8, 4) is 0 Å². The predicted octanol–water partition coefficient (Wildman–Crippen LogP) is 3.89. The smallest absolute Gasteiger partial charge is 0.321 e. The molecule has 2 amide bonds. The number of carbonyl (C=O) groups excluding carboxylic acids is 1. The van der Waals surface area contributed by atoms with Gasteiger partial charge >= 0.3 is 6.03 Å². The van der Waals surface area contributed by atoms with E-state index in [0.29, 0.717) is 12.1 Å². The molecule has 5 nitrogen and oxygen atoms in total. The van der Waals surface area contributed by atoms with Crippen LogP contribution in [0.1, 0.15) is 24.0 Å². The van der Waals surface area contributed by atoms with Crippen LogP contribution in [0.2, 0.25) is 0 Å². The summed E-state index contributed by atoms with van der Waals surface area (Å²) in [6.07, 6.45) is 2.14. The fourth-order valence-electron chi connectivity index (χ4n) is 4.12. The minimum atomic E-state index is -0.00603. The van der Waals surface area contributed by atoms with Crippen LogP contribution in [0, 0.1) is 6.92 Å². The van der Waals surface area contributed by atoms with Crippen LogP contribution in [0.5, 0.6) is 0 Å². The second-order valence-corrected chi connectivity index (χ2v) is 7.86. The molecule has 0 radical (unpaired) electrons. The Morgan fingerprint density at radius 3 is 2.54 bits per heavy atom. The lowest BCUT2D eigenvalue weighted by Crippen LogP contribution is -2.64. The Labute approximate surface area is 167 Å². The third-order valence-electron chi connectivity index (χ3n) is 5.76. The zero-order chi connectivity index (χ0) is 19.3. The normalized spacial score (nSPS) is 18.1. The third-order valence-corrected chi connectivity index (χ3v) is 5.76. The Hall–Kier alpha value is -2.37. The van der Waals surface area contributed by atoms with Gasteiger partial charge in [0.25, 0.3) is 0 Å². The molecular weight excluding hydrogens is 350 g/mol. The number of rotatable bonds is 5. The Bertz CT molecular complexity index is 783. The summed E-state index contributed by atoms with van der Waals surface area (Å²) < 4.78 is 5.57. The Morgan fingerprint density at radius 2 is 1.82 bits per heavy atom. The first-order chi connectivity index (χ1) is 13.7. The number of nitrogens with zero attached hydrogens (tertiary/aromatic N) is 2. The molecule has 0 atom stereocenters. The summed E-state index contributed by atoms with van der Waals surface area (Å²) in [7, 11) is 0. The largest absolute Gasteiger partial charge is 0.381 e. The molecule has 2 aliphatic heterocycles. The van der Waals surface area contributed by atoms with Crippen molar-refractivity contribution in [2.45, 2.75) is 38.4 Å². The van der Waals surface area contributed by atoms with Crippen molar-refractivity contribution < 1.29 is 9.53 Å². The first-order valence-corrected chi connectivity index (χ1v) is 10.2. The van der Waals surface area contributed by atoms with Gasteiger partial charge in [0.1, 0.15) is 0 Å². The Morgan fingerprint density at radius 1 is 1.07 bits per heavy atom. The molecule has 2 fully saturated rings. The van der Waals surface area contributed by atoms with Crippen LogP contribution < -0.4 is 5.32 Å². The number of likely N-dealkylation sites (tertiary alicyclic amines) is 1. The van der Waals surface area contributed by atoms with E-state index in [1.165, 1.54) is 5.56 Å². The summed E-state index contributed by atoms with van der Waals surface area (Å²) in [6.45, 7) is 6.19. The number of ether oxygens (including phenoxy) is 1. The number of carbonyl (C=O) groups is 1. The average molecular weight is 380 g/mol. The lowest BCUT2D eigenvalue weighted by atomic mass is 9.99. The molecule has 0 saturated carbocycles. The fourth-order valence-corrected chi connectivity index (χ4v) is 4.12. The highest BCUT2D eigenvalue weighted by Gasteiger charge is 2.38. The van der Waals surface area contributed by atoms with Crippen LogP contribution in [0.4, 0.5) is 10.5 Å². The van der Waals surface area contributed by atoms with Crippen LogP contribution in [-0.4, -0.2) is 54.2 Å². The fraction of sp³-hybridized carbons (Fsp3) is 0.435. The van der Waals surface area contributed by atoms with E-state index in [1.54, 1.807) is 0 Å². The number of benzene rings is 2. The zero-order valence-corrected chi connectivity index (χ0v) is 16.5. The van der Waals surface area contributed by atoms with E-state index < -0.39 is 0 Å². The molecule has 0 aromatic heterocycles. The van der Waals surface area contributed by atoms with Crippen molar-refractivity contribution in [1.82, 2.24) is 9.80 Å². The van der Waals surface area contributed by atoms with E-state index in [0.717, 1.165) is 56.9 Å². The SMILES string of the molecule is Cc1cccc(NC(=O)N2CC(N(Cc3ccccc3)C3CCOCC3)C2)c1. The van der Waals surface area contributed by atoms with Crippen LogP contribution >= 0.6 is 0 Å². The van der Waals surface area contributed by atoms with Crippen LogP contribution in [0.15, 0.2) is 54.6 Å². The molecule has 4 rings (SSSR count). The number of nitrogens with one attached hydrogen (secondary N) is 1. The molecule has 1 N–H and O–H groups in total. The monoisotopic (exact) mass is 379 g/mol. The quantitative estimate of drug-likeness (QED) is 0.857. The maximum Gasteiger partial charge on any atom is 0.321 e. The van der Waals surface area contributed by atoms with Crippen molar-refractivity contribution in [2.24, 2.45) is 0 Å². The van der Waals surface area contributed by atoms with Crippen molar-refractivity contribution in [3.05, 3.63) is 65.7 Å². The highest BCUT2D eigenvalue weighted by molar-refractivity contribution is 5.90. The van der Waals surface area contributed by atoms with Crippen molar-refractivity contribution >= 4 is 11.7 Å². The standard InChI is InChI=1S/C23H29N3O2/c1-18-6-5-9-20(14-18)24-23(27)25-16-22(17-25)26(21-10-12-28-13-11-21)15-19-7-3-2-4-8-19/h2-9,14,21-22H,10-13,15-17H2,1H3,(H,24,27). The first-order valence-electron chi connectivity index (χ1n) is 10.2. The maximum absolute atomic E-state index is 12.6. The maximum atomic E-state index is 12.6. The molecular formula is C23H29N3O2. The van der Waals surface area contributed by atoms with Gasteiger partial charge in [-0.05, 0) is 43.0 Å². The zero-order valence-electron chi connectivity index (χ0n) is 16.5. The molecule has 148 valence electrons. The summed E-state index contributed by atoms with van der Waals surface area (Å²) in [4.78, 5) is 17.1. The molecule has 2 aliphatic rings. The van der Waals surface area contributed by atoms with Crippen LogP contribution in [-0.2, 0) is 11.3 Å². The molecule has 0 unspecified atom stereocenters. The van der Waals surface area contributed by atoms with E-state index in [9.17, 15) is 4.79 Å². The van der Waals surface area contributed by atoms with Crippen LogP contribution in [0.25, 0.3) is 0 Å². The van der Waals surface area contributed by atoms with Crippen molar-refractivity contribution in [2.75, 3.05) is 31.6 Å². The Balaban J connectivity index is 1.37. The summed E-state index contributed by atoms with van der Waals surface area (Å²) >= 11 is 0. The highest BCUT2D eigenvalue weighted by atomic mass is 16.5. The number of urea groups is 1. The van der Waals surface area contributed by atoms with Gasteiger partial charge in [-0.25, -0.2) is 4.79 Å². The van der Waals surface area contributed by atoms with Gasteiger partial charge in [-0.3, -0.25) is 4.90 Å². The van der Waals surface area contributed by atoms with E-state index in [1.807, 2.05) is 36.1 Å². The molecule has 2 saturated heterocycles. The van der Waals surface area contributed by atoms with Crippen LogP contribution in [0.3, 0.4) is 0 Å². The number of amides is 2. The minimum Gasteiger partial charge on any atom is -0.381 e.